The minimum Gasteiger partial charge on any atom is -0.422 e. The summed E-state index contributed by atoms with van der Waals surface area (Å²) < 4.78 is 6.22. The molecular formula is C17H10BrClO2. The molecule has 2 nitrogen and oxygen atoms in total. The fourth-order valence-electron chi connectivity index (χ4n) is 2.04. The van der Waals surface area contributed by atoms with E-state index in [1.165, 1.54) is 0 Å². The van der Waals surface area contributed by atoms with Gasteiger partial charge < -0.3 is 4.74 Å². The first-order valence-electron chi connectivity index (χ1n) is 6.30. The second-order valence-electron chi connectivity index (χ2n) is 4.50. The molecule has 0 aliphatic heterocycles. The van der Waals surface area contributed by atoms with Gasteiger partial charge in [-0.2, -0.15) is 0 Å². The van der Waals surface area contributed by atoms with Gasteiger partial charge in [-0.15, -0.1) is 0 Å². The zero-order valence-electron chi connectivity index (χ0n) is 10.8. The minimum atomic E-state index is -0.414. The number of ether oxygens (including phenoxy) is 1. The van der Waals surface area contributed by atoms with E-state index < -0.39 is 5.97 Å². The van der Waals surface area contributed by atoms with Gasteiger partial charge in [-0.1, -0.05) is 41.9 Å². The summed E-state index contributed by atoms with van der Waals surface area (Å²) in [4.78, 5) is 12.1. The van der Waals surface area contributed by atoms with Crippen LogP contribution in [0.2, 0.25) is 5.02 Å². The number of carbonyl (C=O) groups is 1. The second-order valence-corrected chi connectivity index (χ2v) is 5.72. The van der Waals surface area contributed by atoms with Crippen LogP contribution in [-0.2, 0) is 0 Å². The van der Waals surface area contributed by atoms with Crippen LogP contribution >= 0.6 is 27.5 Å². The first-order valence-corrected chi connectivity index (χ1v) is 7.47. The van der Waals surface area contributed by atoms with E-state index in [1.54, 1.807) is 30.3 Å². The molecule has 3 aromatic rings. The lowest BCUT2D eigenvalue weighted by Crippen LogP contribution is -2.08. The van der Waals surface area contributed by atoms with Crippen LogP contribution in [-0.4, -0.2) is 5.97 Å². The molecule has 0 unspecified atom stereocenters. The summed E-state index contributed by atoms with van der Waals surface area (Å²) in [6, 6.07) is 18.2. The molecule has 0 bridgehead atoms. The van der Waals surface area contributed by atoms with Gasteiger partial charge in [0.1, 0.15) is 5.75 Å². The van der Waals surface area contributed by atoms with Crippen LogP contribution in [0.25, 0.3) is 10.8 Å². The molecule has 0 amide bonds. The Morgan fingerprint density at radius 2 is 1.67 bits per heavy atom. The molecule has 0 aliphatic rings. The highest BCUT2D eigenvalue weighted by molar-refractivity contribution is 9.10. The number of hydrogen-bond acceptors (Lipinski definition) is 2. The smallest absolute Gasteiger partial charge is 0.343 e. The van der Waals surface area contributed by atoms with Crippen molar-refractivity contribution in [2.75, 3.05) is 0 Å². The second kappa shape index (κ2) is 5.88. The van der Waals surface area contributed by atoms with Gasteiger partial charge in [0.2, 0.25) is 0 Å². The van der Waals surface area contributed by atoms with E-state index in [9.17, 15) is 4.79 Å². The molecule has 3 rings (SSSR count). The summed E-state index contributed by atoms with van der Waals surface area (Å²) in [6.45, 7) is 0. The molecule has 0 aromatic heterocycles. The van der Waals surface area contributed by atoms with Gasteiger partial charge >= 0.3 is 5.97 Å². The molecule has 21 heavy (non-hydrogen) atoms. The van der Waals surface area contributed by atoms with E-state index >= 15 is 0 Å². The maximum Gasteiger partial charge on any atom is 0.343 e. The maximum absolute atomic E-state index is 12.1. The van der Waals surface area contributed by atoms with Crippen LogP contribution in [0.4, 0.5) is 0 Å². The molecule has 0 radical (unpaired) electrons. The lowest BCUT2D eigenvalue weighted by molar-refractivity contribution is 0.0734. The molecule has 0 atom stereocenters. The Hall–Kier alpha value is -1.84. The summed E-state index contributed by atoms with van der Waals surface area (Å²) >= 11 is 9.30. The first kappa shape index (κ1) is 14.1. The van der Waals surface area contributed by atoms with Crippen molar-refractivity contribution in [1.82, 2.24) is 0 Å². The normalized spacial score (nSPS) is 10.6. The SMILES string of the molecule is O=C(Oc1ccc2ccccc2c1Br)c1ccc(Cl)cc1. The molecule has 0 aliphatic carbocycles. The zero-order chi connectivity index (χ0) is 14.8. The topological polar surface area (TPSA) is 26.3 Å². The van der Waals surface area contributed by atoms with Crippen molar-refractivity contribution in [3.05, 3.63) is 75.7 Å². The maximum atomic E-state index is 12.1. The van der Waals surface area contributed by atoms with Crippen LogP contribution in [0.1, 0.15) is 10.4 Å². The van der Waals surface area contributed by atoms with Crippen molar-refractivity contribution in [3.8, 4) is 5.75 Å². The zero-order valence-corrected chi connectivity index (χ0v) is 13.2. The van der Waals surface area contributed by atoms with Gasteiger partial charge in [0.15, 0.2) is 0 Å². The van der Waals surface area contributed by atoms with Gasteiger partial charge in [0.05, 0.1) is 10.0 Å². The number of carbonyl (C=O) groups excluding carboxylic acids is 1. The van der Waals surface area contributed by atoms with Crippen LogP contribution in [0.15, 0.2) is 65.1 Å². The van der Waals surface area contributed by atoms with Gasteiger partial charge in [0, 0.05) is 5.02 Å². The highest BCUT2D eigenvalue weighted by atomic mass is 79.9. The third-order valence-corrected chi connectivity index (χ3v) is 4.18. The molecule has 4 heteroatoms. The Bertz CT molecular complexity index is 813. The summed E-state index contributed by atoms with van der Waals surface area (Å²) in [5.41, 5.74) is 0.458. The molecule has 0 saturated heterocycles. The average Bonchev–Trinajstić information content (AvgIpc) is 2.51. The molecule has 0 N–H and O–H groups in total. The number of benzene rings is 3. The van der Waals surface area contributed by atoms with Crippen molar-refractivity contribution in [2.45, 2.75) is 0 Å². The van der Waals surface area contributed by atoms with Crippen molar-refractivity contribution in [3.63, 3.8) is 0 Å². The number of hydrogen-bond donors (Lipinski definition) is 0. The largest absolute Gasteiger partial charge is 0.422 e. The Morgan fingerprint density at radius 3 is 2.43 bits per heavy atom. The Labute approximate surface area is 135 Å². The Balaban J connectivity index is 1.93. The van der Waals surface area contributed by atoms with E-state index in [-0.39, 0.29) is 0 Å². The molecule has 0 spiro atoms. The van der Waals surface area contributed by atoms with Crippen molar-refractivity contribution in [2.24, 2.45) is 0 Å². The van der Waals surface area contributed by atoms with E-state index in [0.717, 1.165) is 15.2 Å². The fourth-order valence-corrected chi connectivity index (χ4v) is 2.74. The average molecular weight is 362 g/mol. The van der Waals surface area contributed by atoms with Gasteiger partial charge in [0.25, 0.3) is 0 Å². The molecular weight excluding hydrogens is 352 g/mol. The molecule has 0 heterocycles. The van der Waals surface area contributed by atoms with E-state index in [1.807, 2.05) is 30.3 Å². The number of halogens is 2. The van der Waals surface area contributed by atoms with Crippen LogP contribution < -0.4 is 4.74 Å². The number of rotatable bonds is 2. The number of fused-ring (bicyclic) bond motifs is 1. The fraction of sp³-hybridized carbons (Fsp3) is 0. The lowest BCUT2D eigenvalue weighted by Gasteiger charge is -2.09. The van der Waals surface area contributed by atoms with Gasteiger partial charge in [-0.25, -0.2) is 4.79 Å². The van der Waals surface area contributed by atoms with Crippen LogP contribution in [0, 0.1) is 0 Å². The molecule has 104 valence electrons. The minimum absolute atomic E-state index is 0.414. The summed E-state index contributed by atoms with van der Waals surface area (Å²) in [7, 11) is 0. The highest BCUT2D eigenvalue weighted by Crippen LogP contribution is 2.33. The summed E-state index contributed by atoms with van der Waals surface area (Å²) in [6.07, 6.45) is 0. The van der Waals surface area contributed by atoms with E-state index in [2.05, 4.69) is 15.9 Å². The van der Waals surface area contributed by atoms with E-state index in [0.29, 0.717) is 16.3 Å². The lowest BCUT2D eigenvalue weighted by atomic mass is 10.1. The Morgan fingerprint density at radius 1 is 0.952 bits per heavy atom. The quantitative estimate of drug-likeness (QED) is 0.446. The van der Waals surface area contributed by atoms with Crippen molar-refractivity contribution < 1.29 is 9.53 Å². The monoisotopic (exact) mass is 360 g/mol. The third-order valence-electron chi connectivity index (χ3n) is 3.11. The third kappa shape index (κ3) is 2.94. The number of esters is 1. The molecule has 0 fully saturated rings. The standard InChI is InChI=1S/C17H10BrClO2/c18-16-14-4-2-1-3-11(14)7-10-15(16)21-17(20)12-5-8-13(19)9-6-12/h1-10H. The summed E-state index contributed by atoms with van der Waals surface area (Å²) in [5.74, 6) is 0.0799. The van der Waals surface area contributed by atoms with Crippen molar-refractivity contribution >= 4 is 44.3 Å². The van der Waals surface area contributed by atoms with E-state index in [4.69, 9.17) is 16.3 Å². The molecule has 3 aromatic carbocycles. The molecule has 0 saturated carbocycles. The van der Waals surface area contributed by atoms with Crippen LogP contribution in [0.3, 0.4) is 0 Å². The predicted molar refractivity (Wildman–Crippen MR) is 88.1 cm³/mol. The Kier molecular flexibility index (Phi) is 3.95. The highest BCUT2D eigenvalue weighted by Gasteiger charge is 2.12. The van der Waals surface area contributed by atoms with Gasteiger partial charge in [-0.3, -0.25) is 0 Å². The predicted octanol–water partition coefficient (Wildman–Crippen LogP) is 5.47. The van der Waals surface area contributed by atoms with Gasteiger partial charge in [-0.05, 0) is 57.0 Å². The first-order chi connectivity index (χ1) is 10.1. The summed E-state index contributed by atoms with van der Waals surface area (Å²) in [5, 5.41) is 2.66. The van der Waals surface area contributed by atoms with Crippen LogP contribution in [0.5, 0.6) is 5.75 Å². The van der Waals surface area contributed by atoms with Crippen molar-refractivity contribution in [1.29, 1.82) is 0 Å².